The normalized spacial score (nSPS) is 20.4. The van der Waals surface area contributed by atoms with Crippen LogP contribution in [0.3, 0.4) is 0 Å². The Bertz CT molecular complexity index is 378. The van der Waals surface area contributed by atoms with Crippen LogP contribution in [0, 0.1) is 0 Å². The molecule has 0 N–H and O–H groups in total. The van der Waals surface area contributed by atoms with Crippen molar-refractivity contribution in [1.82, 2.24) is 9.80 Å². The maximum Gasteiger partial charge on any atom is 0.413 e. The van der Waals surface area contributed by atoms with Gasteiger partial charge in [0.05, 0.1) is 0 Å². The second-order valence-corrected chi connectivity index (χ2v) is 5.74. The van der Waals surface area contributed by atoms with Gasteiger partial charge in [-0.2, -0.15) is 13.2 Å². The Hall–Kier alpha value is -0.880. The van der Waals surface area contributed by atoms with Crippen molar-refractivity contribution in [3.63, 3.8) is 0 Å². The summed E-state index contributed by atoms with van der Waals surface area (Å²) < 4.78 is 51.3. The van der Waals surface area contributed by atoms with Crippen LogP contribution in [-0.2, 0) is 0 Å². The fourth-order valence-corrected chi connectivity index (χ4v) is 2.51. The van der Waals surface area contributed by atoms with E-state index in [-0.39, 0.29) is 6.54 Å². The molecule has 1 saturated heterocycles. The fourth-order valence-electron chi connectivity index (χ4n) is 2.51. The van der Waals surface area contributed by atoms with Gasteiger partial charge in [-0.3, -0.25) is 4.90 Å². The van der Waals surface area contributed by atoms with Crippen molar-refractivity contribution in [1.29, 1.82) is 0 Å². The molecule has 2 nitrogen and oxygen atoms in total. The third kappa shape index (κ3) is 6.18. The summed E-state index contributed by atoms with van der Waals surface area (Å²) in [4.78, 5) is 3.94. The summed E-state index contributed by atoms with van der Waals surface area (Å²) in [5, 5.41) is 0. The number of hydrogen-bond acceptors (Lipinski definition) is 2. The lowest BCUT2D eigenvalue weighted by Gasteiger charge is -2.35. The van der Waals surface area contributed by atoms with Crippen molar-refractivity contribution in [2.45, 2.75) is 32.0 Å². The second kappa shape index (κ2) is 7.94. The lowest BCUT2D eigenvalue weighted by atomic mass is 10.0. The van der Waals surface area contributed by atoms with Crippen LogP contribution in [0.15, 0.2) is 23.3 Å². The monoisotopic (exact) mass is 308 g/mol. The maximum atomic E-state index is 13.1. The number of allylic oxidation sites excluding steroid dienone is 3. The molecule has 1 rings (SSSR count). The van der Waals surface area contributed by atoms with E-state index >= 15 is 0 Å². The molecule has 0 bridgehead atoms. The number of piperidine rings is 1. The summed E-state index contributed by atoms with van der Waals surface area (Å²) >= 11 is 0. The van der Waals surface area contributed by atoms with Gasteiger partial charge < -0.3 is 4.90 Å². The molecule has 21 heavy (non-hydrogen) atoms. The fraction of sp³-hybridized carbons (Fsp3) is 0.733. The lowest BCUT2D eigenvalue weighted by Crippen LogP contribution is -2.43. The Morgan fingerprint density at radius 2 is 1.81 bits per heavy atom. The Morgan fingerprint density at radius 1 is 1.24 bits per heavy atom. The molecular formula is C15H24F4N2. The van der Waals surface area contributed by atoms with Crippen molar-refractivity contribution in [2.75, 3.05) is 40.4 Å². The van der Waals surface area contributed by atoms with Gasteiger partial charge in [0, 0.05) is 18.2 Å². The van der Waals surface area contributed by atoms with E-state index in [1.807, 2.05) is 19.0 Å². The van der Waals surface area contributed by atoms with E-state index in [1.165, 1.54) is 6.92 Å². The zero-order chi connectivity index (χ0) is 16.0. The number of hydrogen-bond donors (Lipinski definition) is 0. The van der Waals surface area contributed by atoms with Crippen LogP contribution >= 0.6 is 0 Å². The van der Waals surface area contributed by atoms with E-state index < -0.39 is 18.4 Å². The molecular weight excluding hydrogens is 284 g/mol. The molecule has 1 fully saturated rings. The standard InChI is InChI=1S/C15H24F4N2/c1-12(4-7-16)10-13(15(17,18)19)11-21-8-5-14(6-9-21)20(2)3/h4,10,14H,5-9,11H2,1-3H3/b12-4-,13-10+. The van der Waals surface area contributed by atoms with E-state index in [0.29, 0.717) is 24.7 Å². The van der Waals surface area contributed by atoms with Crippen LogP contribution in [0.5, 0.6) is 0 Å². The van der Waals surface area contributed by atoms with Gasteiger partial charge in [0.2, 0.25) is 0 Å². The highest BCUT2D eigenvalue weighted by molar-refractivity contribution is 5.25. The van der Waals surface area contributed by atoms with Crippen molar-refractivity contribution >= 4 is 0 Å². The van der Waals surface area contributed by atoms with Crippen LogP contribution in [0.4, 0.5) is 17.6 Å². The molecule has 122 valence electrons. The summed E-state index contributed by atoms with van der Waals surface area (Å²) in [5.74, 6) is 0. The van der Waals surface area contributed by atoms with E-state index in [9.17, 15) is 17.6 Å². The molecule has 1 heterocycles. The van der Waals surface area contributed by atoms with Crippen LogP contribution < -0.4 is 0 Å². The summed E-state index contributed by atoms with van der Waals surface area (Å²) in [6.07, 6.45) is -0.416. The highest BCUT2D eigenvalue weighted by Crippen LogP contribution is 2.28. The van der Waals surface area contributed by atoms with E-state index in [0.717, 1.165) is 25.0 Å². The zero-order valence-electron chi connectivity index (χ0n) is 12.9. The van der Waals surface area contributed by atoms with Crippen LogP contribution in [0.1, 0.15) is 19.8 Å². The molecule has 1 aliphatic heterocycles. The minimum Gasteiger partial charge on any atom is -0.306 e. The first-order valence-corrected chi connectivity index (χ1v) is 7.13. The van der Waals surface area contributed by atoms with Gasteiger partial charge in [0.1, 0.15) is 6.67 Å². The van der Waals surface area contributed by atoms with E-state index in [4.69, 9.17) is 0 Å². The zero-order valence-corrected chi connectivity index (χ0v) is 12.9. The van der Waals surface area contributed by atoms with E-state index in [1.54, 1.807) is 0 Å². The Kier molecular flexibility index (Phi) is 6.87. The van der Waals surface area contributed by atoms with Crippen LogP contribution in [-0.4, -0.2) is 62.4 Å². The number of alkyl halides is 4. The third-order valence-electron chi connectivity index (χ3n) is 3.85. The minimum atomic E-state index is -4.37. The SMILES string of the molecule is CC(=C/CF)/C=C(\CN1CCC(N(C)C)CC1)C(F)(F)F. The molecule has 0 aromatic rings. The van der Waals surface area contributed by atoms with Gasteiger partial charge in [0.25, 0.3) is 0 Å². The van der Waals surface area contributed by atoms with Crippen molar-refractivity contribution < 1.29 is 17.6 Å². The Labute approximate surface area is 124 Å². The molecule has 1 aliphatic rings. The van der Waals surface area contributed by atoms with Crippen molar-refractivity contribution in [3.05, 3.63) is 23.3 Å². The first-order valence-electron chi connectivity index (χ1n) is 7.13. The third-order valence-corrected chi connectivity index (χ3v) is 3.85. The lowest BCUT2D eigenvalue weighted by molar-refractivity contribution is -0.0963. The van der Waals surface area contributed by atoms with Crippen molar-refractivity contribution in [3.8, 4) is 0 Å². The van der Waals surface area contributed by atoms with Gasteiger partial charge in [-0.15, -0.1) is 0 Å². The highest BCUT2D eigenvalue weighted by Gasteiger charge is 2.35. The molecule has 0 aromatic heterocycles. The average molecular weight is 308 g/mol. The predicted molar refractivity (Wildman–Crippen MR) is 77.0 cm³/mol. The van der Waals surface area contributed by atoms with Gasteiger partial charge in [-0.1, -0.05) is 17.7 Å². The van der Waals surface area contributed by atoms with Gasteiger partial charge in [-0.25, -0.2) is 4.39 Å². The molecule has 0 saturated carbocycles. The first kappa shape index (κ1) is 18.2. The van der Waals surface area contributed by atoms with Gasteiger partial charge in [0.15, 0.2) is 0 Å². The van der Waals surface area contributed by atoms with Crippen LogP contribution in [0.2, 0.25) is 0 Å². The number of nitrogens with zero attached hydrogens (tertiary/aromatic N) is 2. The first-order chi connectivity index (χ1) is 9.74. The highest BCUT2D eigenvalue weighted by atomic mass is 19.4. The average Bonchev–Trinajstić information content (AvgIpc) is 2.37. The van der Waals surface area contributed by atoms with E-state index in [2.05, 4.69) is 4.90 Å². The molecule has 0 amide bonds. The molecule has 0 aromatic carbocycles. The number of halogens is 4. The molecule has 6 heteroatoms. The van der Waals surface area contributed by atoms with Gasteiger partial charge >= 0.3 is 6.18 Å². The topological polar surface area (TPSA) is 6.48 Å². The molecule has 0 aliphatic carbocycles. The van der Waals surface area contributed by atoms with Crippen LogP contribution in [0.25, 0.3) is 0 Å². The number of likely N-dealkylation sites (tertiary alicyclic amines) is 1. The summed E-state index contributed by atoms with van der Waals surface area (Å²) in [5.41, 5.74) is -0.291. The maximum absolute atomic E-state index is 13.1. The minimum absolute atomic E-state index is 0.124. The summed E-state index contributed by atoms with van der Waals surface area (Å²) in [6, 6.07) is 0.438. The smallest absolute Gasteiger partial charge is 0.306 e. The van der Waals surface area contributed by atoms with Crippen molar-refractivity contribution in [2.24, 2.45) is 0 Å². The summed E-state index contributed by atoms with van der Waals surface area (Å²) in [7, 11) is 3.99. The second-order valence-electron chi connectivity index (χ2n) is 5.74. The predicted octanol–water partition coefficient (Wildman–Crippen LogP) is 3.42. The van der Waals surface area contributed by atoms with Gasteiger partial charge in [-0.05, 0) is 47.0 Å². The molecule has 0 atom stereocenters. The molecule has 0 unspecified atom stereocenters. The molecule has 0 spiro atoms. The number of rotatable bonds is 5. The molecule has 0 radical (unpaired) electrons. The Morgan fingerprint density at radius 3 is 2.24 bits per heavy atom. The quantitative estimate of drug-likeness (QED) is 0.567. The summed E-state index contributed by atoms with van der Waals surface area (Å²) in [6.45, 7) is 1.93. The Balaban J connectivity index is 2.70. The largest absolute Gasteiger partial charge is 0.413 e.